The van der Waals surface area contributed by atoms with Gasteiger partial charge in [-0.15, -0.1) is 0 Å². The topological polar surface area (TPSA) is 29.3 Å². The monoisotopic (exact) mass is 340 g/mol. The summed E-state index contributed by atoms with van der Waals surface area (Å²) in [5.41, 5.74) is 7.94. The summed E-state index contributed by atoms with van der Waals surface area (Å²) in [7, 11) is 2.19. The molecule has 3 unspecified atom stereocenters. The van der Waals surface area contributed by atoms with Crippen molar-refractivity contribution in [3.8, 4) is 0 Å². The van der Waals surface area contributed by atoms with Gasteiger partial charge in [0.2, 0.25) is 0 Å². The minimum atomic E-state index is 0.138. The summed E-state index contributed by atoms with van der Waals surface area (Å²) in [5, 5.41) is 0. The SMILES string of the molecule is CCC(N)C(c1cccc(Br)c1)N(C)C(C)C(C)(C)C. The highest BCUT2D eigenvalue weighted by Gasteiger charge is 2.32. The molecule has 1 rings (SSSR count). The number of hydrogen-bond acceptors (Lipinski definition) is 2. The summed E-state index contributed by atoms with van der Waals surface area (Å²) in [4.78, 5) is 2.43. The number of halogens is 1. The number of likely N-dealkylation sites (N-methyl/N-ethyl adjacent to an activating group) is 1. The van der Waals surface area contributed by atoms with Crippen molar-refractivity contribution in [2.45, 2.75) is 59.2 Å². The van der Waals surface area contributed by atoms with Crippen LogP contribution < -0.4 is 5.73 Å². The molecule has 1 aromatic carbocycles. The van der Waals surface area contributed by atoms with Gasteiger partial charge in [-0.05, 0) is 43.5 Å². The molecule has 0 fully saturated rings. The first kappa shape index (κ1) is 17.7. The Morgan fingerprint density at radius 3 is 2.35 bits per heavy atom. The Hall–Kier alpha value is -0.380. The number of nitrogens with two attached hydrogens (primary N) is 1. The Balaban J connectivity index is 3.13. The first-order valence-electron chi connectivity index (χ1n) is 7.41. The Morgan fingerprint density at radius 1 is 1.30 bits per heavy atom. The number of rotatable bonds is 5. The van der Waals surface area contributed by atoms with Gasteiger partial charge in [0.25, 0.3) is 0 Å². The van der Waals surface area contributed by atoms with Gasteiger partial charge < -0.3 is 5.73 Å². The molecular formula is C17H29BrN2. The van der Waals surface area contributed by atoms with Crippen LogP contribution in [0.25, 0.3) is 0 Å². The minimum absolute atomic E-state index is 0.138. The largest absolute Gasteiger partial charge is 0.326 e. The Bertz CT molecular complexity index is 425. The van der Waals surface area contributed by atoms with Crippen LogP contribution in [-0.4, -0.2) is 24.0 Å². The maximum atomic E-state index is 6.42. The van der Waals surface area contributed by atoms with E-state index in [2.05, 4.69) is 86.8 Å². The molecule has 3 atom stereocenters. The van der Waals surface area contributed by atoms with E-state index in [1.807, 2.05) is 0 Å². The van der Waals surface area contributed by atoms with Crippen molar-refractivity contribution in [2.75, 3.05) is 7.05 Å². The highest BCUT2D eigenvalue weighted by molar-refractivity contribution is 9.10. The molecule has 0 saturated carbocycles. The molecular weight excluding hydrogens is 312 g/mol. The molecule has 0 spiro atoms. The fourth-order valence-corrected chi connectivity index (χ4v) is 2.97. The molecule has 2 N–H and O–H groups in total. The normalized spacial score (nSPS) is 17.1. The molecule has 0 saturated heterocycles. The van der Waals surface area contributed by atoms with Crippen LogP contribution in [-0.2, 0) is 0 Å². The third kappa shape index (κ3) is 4.31. The first-order chi connectivity index (χ1) is 9.18. The summed E-state index contributed by atoms with van der Waals surface area (Å²) in [6.07, 6.45) is 0.971. The molecule has 0 heterocycles. The van der Waals surface area contributed by atoms with Gasteiger partial charge in [0, 0.05) is 22.6 Å². The molecule has 0 aliphatic carbocycles. The van der Waals surface area contributed by atoms with Gasteiger partial charge in [0.15, 0.2) is 0 Å². The average molecular weight is 341 g/mol. The molecule has 3 heteroatoms. The zero-order chi connectivity index (χ0) is 15.5. The zero-order valence-electron chi connectivity index (χ0n) is 13.7. The lowest BCUT2D eigenvalue weighted by molar-refractivity contribution is 0.0831. The predicted octanol–water partition coefficient (Wildman–Crippen LogP) is 4.59. The molecule has 0 radical (unpaired) electrons. The fraction of sp³-hybridized carbons (Fsp3) is 0.647. The molecule has 0 aromatic heterocycles. The average Bonchev–Trinajstić information content (AvgIpc) is 2.36. The molecule has 0 aliphatic rings. The van der Waals surface area contributed by atoms with Crippen LogP contribution in [0.5, 0.6) is 0 Å². The van der Waals surface area contributed by atoms with E-state index in [9.17, 15) is 0 Å². The number of benzene rings is 1. The van der Waals surface area contributed by atoms with E-state index in [4.69, 9.17) is 5.73 Å². The summed E-state index contributed by atoms with van der Waals surface area (Å²) in [5.74, 6) is 0. The van der Waals surface area contributed by atoms with Crippen molar-refractivity contribution in [2.24, 2.45) is 11.1 Å². The van der Waals surface area contributed by atoms with Gasteiger partial charge in [0.05, 0.1) is 0 Å². The van der Waals surface area contributed by atoms with Crippen molar-refractivity contribution in [1.29, 1.82) is 0 Å². The van der Waals surface area contributed by atoms with E-state index >= 15 is 0 Å². The van der Waals surface area contributed by atoms with Crippen LogP contribution in [0.1, 0.15) is 52.6 Å². The molecule has 0 aliphatic heterocycles. The third-order valence-electron chi connectivity index (χ3n) is 4.37. The zero-order valence-corrected chi connectivity index (χ0v) is 15.2. The summed E-state index contributed by atoms with van der Waals surface area (Å²) < 4.78 is 1.11. The van der Waals surface area contributed by atoms with E-state index in [1.54, 1.807) is 0 Å². The van der Waals surface area contributed by atoms with Crippen LogP contribution in [0.3, 0.4) is 0 Å². The highest BCUT2D eigenvalue weighted by Crippen LogP contribution is 2.33. The summed E-state index contributed by atoms with van der Waals surface area (Å²) in [6.45, 7) is 11.3. The Kier molecular flexibility index (Phi) is 6.24. The molecule has 0 bridgehead atoms. The Labute approximate surface area is 132 Å². The molecule has 20 heavy (non-hydrogen) atoms. The van der Waals surface area contributed by atoms with Crippen molar-refractivity contribution < 1.29 is 0 Å². The molecule has 114 valence electrons. The van der Waals surface area contributed by atoms with E-state index < -0.39 is 0 Å². The second-order valence-corrected chi connectivity index (χ2v) is 7.70. The standard InChI is InChI=1S/C17H29BrN2/c1-7-15(19)16(13-9-8-10-14(18)11-13)20(6)12(2)17(3,4)5/h8-12,15-16H,7,19H2,1-6H3. The number of nitrogens with zero attached hydrogens (tertiary/aromatic N) is 1. The summed E-state index contributed by atoms with van der Waals surface area (Å²) in [6, 6.07) is 9.34. The van der Waals surface area contributed by atoms with Gasteiger partial charge in [-0.3, -0.25) is 4.90 Å². The third-order valence-corrected chi connectivity index (χ3v) is 4.86. The fourth-order valence-electron chi connectivity index (χ4n) is 2.55. The molecule has 2 nitrogen and oxygen atoms in total. The lowest BCUT2D eigenvalue weighted by Crippen LogP contribution is -2.47. The number of hydrogen-bond donors (Lipinski definition) is 1. The van der Waals surface area contributed by atoms with Crippen molar-refractivity contribution in [3.63, 3.8) is 0 Å². The highest BCUT2D eigenvalue weighted by atomic mass is 79.9. The minimum Gasteiger partial charge on any atom is -0.326 e. The van der Waals surface area contributed by atoms with Crippen LogP contribution >= 0.6 is 15.9 Å². The smallest absolute Gasteiger partial charge is 0.0499 e. The van der Waals surface area contributed by atoms with Gasteiger partial charge in [-0.1, -0.05) is 55.8 Å². The quantitative estimate of drug-likeness (QED) is 0.848. The van der Waals surface area contributed by atoms with Crippen molar-refractivity contribution in [3.05, 3.63) is 34.3 Å². The van der Waals surface area contributed by atoms with Gasteiger partial charge >= 0.3 is 0 Å². The lowest BCUT2D eigenvalue weighted by Gasteiger charge is -2.42. The Morgan fingerprint density at radius 2 is 1.90 bits per heavy atom. The van der Waals surface area contributed by atoms with Crippen LogP contribution in [0, 0.1) is 5.41 Å². The second kappa shape index (κ2) is 7.06. The van der Waals surface area contributed by atoms with Crippen LogP contribution in [0.15, 0.2) is 28.7 Å². The molecule has 0 amide bonds. The van der Waals surface area contributed by atoms with E-state index in [-0.39, 0.29) is 17.5 Å². The maximum Gasteiger partial charge on any atom is 0.0499 e. The van der Waals surface area contributed by atoms with Gasteiger partial charge in [-0.25, -0.2) is 0 Å². The van der Waals surface area contributed by atoms with E-state index in [0.29, 0.717) is 6.04 Å². The maximum absolute atomic E-state index is 6.42. The summed E-state index contributed by atoms with van der Waals surface area (Å²) >= 11 is 3.57. The predicted molar refractivity (Wildman–Crippen MR) is 91.8 cm³/mol. The van der Waals surface area contributed by atoms with Gasteiger partial charge in [-0.2, -0.15) is 0 Å². The van der Waals surface area contributed by atoms with E-state index in [1.165, 1.54) is 5.56 Å². The lowest BCUT2D eigenvalue weighted by atomic mass is 9.84. The van der Waals surface area contributed by atoms with Gasteiger partial charge in [0.1, 0.15) is 0 Å². The first-order valence-corrected chi connectivity index (χ1v) is 8.20. The van der Waals surface area contributed by atoms with Crippen molar-refractivity contribution in [1.82, 2.24) is 4.90 Å². The van der Waals surface area contributed by atoms with Crippen LogP contribution in [0.4, 0.5) is 0 Å². The van der Waals surface area contributed by atoms with Crippen molar-refractivity contribution >= 4 is 15.9 Å². The molecule has 1 aromatic rings. The second-order valence-electron chi connectivity index (χ2n) is 6.78. The van der Waals surface area contributed by atoms with Crippen LogP contribution in [0.2, 0.25) is 0 Å². The van der Waals surface area contributed by atoms with E-state index in [0.717, 1.165) is 10.9 Å².